The molecule has 1 aromatic carbocycles. The SMILES string of the molecule is CCC1CCCCC1NCc1ccc(C(N)=O)cc1F. The molecule has 1 fully saturated rings. The predicted molar refractivity (Wildman–Crippen MR) is 77.8 cm³/mol. The van der Waals surface area contributed by atoms with Crippen LogP contribution in [0, 0.1) is 11.7 Å². The van der Waals surface area contributed by atoms with Crippen molar-refractivity contribution < 1.29 is 9.18 Å². The largest absolute Gasteiger partial charge is 0.366 e. The van der Waals surface area contributed by atoms with Crippen LogP contribution in [0.5, 0.6) is 0 Å². The quantitative estimate of drug-likeness (QED) is 0.870. The summed E-state index contributed by atoms with van der Waals surface area (Å²) in [5.74, 6) is -0.268. The number of benzene rings is 1. The van der Waals surface area contributed by atoms with Gasteiger partial charge in [-0.3, -0.25) is 4.79 Å². The van der Waals surface area contributed by atoms with Gasteiger partial charge in [0.25, 0.3) is 0 Å². The molecular weight excluding hydrogens is 255 g/mol. The summed E-state index contributed by atoms with van der Waals surface area (Å²) in [5.41, 5.74) is 5.95. The maximum absolute atomic E-state index is 13.9. The van der Waals surface area contributed by atoms with Gasteiger partial charge in [-0.25, -0.2) is 4.39 Å². The summed E-state index contributed by atoms with van der Waals surface area (Å²) in [6.07, 6.45) is 6.15. The molecule has 1 aliphatic carbocycles. The van der Waals surface area contributed by atoms with Gasteiger partial charge in [0, 0.05) is 23.7 Å². The van der Waals surface area contributed by atoms with Gasteiger partial charge in [0.15, 0.2) is 0 Å². The van der Waals surface area contributed by atoms with Gasteiger partial charge in [0.2, 0.25) is 5.91 Å². The number of rotatable bonds is 5. The van der Waals surface area contributed by atoms with Crippen molar-refractivity contribution in [1.82, 2.24) is 5.32 Å². The van der Waals surface area contributed by atoms with E-state index in [0.717, 1.165) is 0 Å². The van der Waals surface area contributed by atoms with Crippen LogP contribution < -0.4 is 11.1 Å². The van der Waals surface area contributed by atoms with Gasteiger partial charge in [-0.2, -0.15) is 0 Å². The van der Waals surface area contributed by atoms with Crippen LogP contribution in [0.3, 0.4) is 0 Å². The highest BCUT2D eigenvalue weighted by atomic mass is 19.1. The van der Waals surface area contributed by atoms with Crippen molar-refractivity contribution in [2.45, 2.75) is 51.6 Å². The summed E-state index contributed by atoms with van der Waals surface area (Å²) >= 11 is 0. The lowest BCUT2D eigenvalue weighted by Gasteiger charge is -2.31. The lowest BCUT2D eigenvalue weighted by atomic mass is 9.83. The van der Waals surface area contributed by atoms with E-state index in [1.165, 1.54) is 38.2 Å². The lowest BCUT2D eigenvalue weighted by Crippen LogP contribution is -2.38. The second-order valence-electron chi connectivity index (χ2n) is 5.61. The highest BCUT2D eigenvalue weighted by Crippen LogP contribution is 2.27. The molecule has 1 saturated carbocycles. The van der Waals surface area contributed by atoms with Crippen LogP contribution in [-0.2, 0) is 6.54 Å². The Morgan fingerprint density at radius 3 is 2.80 bits per heavy atom. The first-order valence-corrected chi connectivity index (χ1v) is 7.43. The van der Waals surface area contributed by atoms with Crippen LogP contribution >= 0.6 is 0 Å². The Morgan fingerprint density at radius 1 is 1.40 bits per heavy atom. The first-order chi connectivity index (χ1) is 9.61. The Kier molecular flexibility index (Phi) is 5.12. The molecule has 3 nitrogen and oxygen atoms in total. The van der Waals surface area contributed by atoms with Crippen LogP contribution in [0.1, 0.15) is 54.9 Å². The molecule has 3 N–H and O–H groups in total. The molecular formula is C16H23FN2O. The van der Waals surface area contributed by atoms with E-state index in [0.29, 0.717) is 24.1 Å². The van der Waals surface area contributed by atoms with Crippen LogP contribution in [0.4, 0.5) is 4.39 Å². The summed E-state index contributed by atoms with van der Waals surface area (Å²) in [5, 5.41) is 3.47. The minimum atomic E-state index is -0.596. The van der Waals surface area contributed by atoms with Gasteiger partial charge in [-0.15, -0.1) is 0 Å². The zero-order chi connectivity index (χ0) is 14.5. The Morgan fingerprint density at radius 2 is 2.15 bits per heavy atom. The first-order valence-electron chi connectivity index (χ1n) is 7.43. The monoisotopic (exact) mass is 278 g/mol. The molecule has 1 amide bonds. The first kappa shape index (κ1) is 15.0. The summed E-state index contributed by atoms with van der Waals surface area (Å²) < 4.78 is 13.9. The fourth-order valence-electron chi connectivity index (χ4n) is 3.05. The van der Waals surface area contributed by atoms with Gasteiger partial charge >= 0.3 is 0 Å². The van der Waals surface area contributed by atoms with Crippen LogP contribution in [0.25, 0.3) is 0 Å². The molecule has 2 atom stereocenters. The number of nitrogens with two attached hydrogens (primary N) is 1. The second kappa shape index (κ2) is 6.84. The fourth-order valence-corrected chi connectivity index (χ4v) is 3.05. The predicted octanol–water partition coefficient (Wildman–Crippen LogP) is 2.98. The van der Waals surface area contributed by atoms with E-state index in [1.54, 1.807) is 12.1 Å². The highest BCUT2D eigenvalue weighted by molar-refractivity contribution is 5.92. The van der Waals surface area contributed by atoms with E-state index >= 15 is 0 Å². The molecule has 0 aromatic heterocycles. The highest BCUT2D eigenvalue weighted by Gasteiger charge is 2.23. The summed E-state index contributed by atoms with van der Waals surface area (Å²) in [6, 6.07) is 4.92. The number of carbonyl (C=O) groups excluding carboxylic acids is 1. The van der Waals surface area contributed by atoms with Crippen molar-refractivity contribution in [3.05, 3.63) is 35.1 Å². The number of carbonyl (C=O) groups is 1. The number of hydrogen-bond donors (Lipinski definition) is 2. The minimum Gasteiger partial charge on any atom is -0.366 e. The Balaban J connectivity index is 1.98. The van der Waals surface area contributed by atoms with Crippen LogP contribution in [-0.4, -0.2) is 11.9 Å². The lowest BCUT2D eigenvalue weighted by molar-refractivity contribution is 0.1000. The van der Waals surface area contributed by atoms with Gasteiger partial charge in [0.05, 0.1) is 0 Å². The third kappa shape index (κ3) is 3.57. The average Bonchev–Trinajstić information content (AvgIpc) is 2.46. The molecule has 2 rings (SSSR count). The number of hydrogen-bond acceptors (Lipinski definition) is 2. The van der Waals surface area contributed by atoms with E-state index in [4.69, 9.17) is 5.73 Å². The van der Waals surface area contributed by atoms with Gasteiger partial charge in [-0.05, 0) is 30.9 Å². The zero-order valence-corrected chi connectivity index (χ0v) is 12.0. The van der Waals surface area contributed by atoms with E-state index in [-0.39, 0.29) is 11.4 Å². The van der Waals surface area contributed by atoms with Gasteiger partial charge < -0.3 is 11.1 Å². The van der Waals surface area contributed by atoms with Crippen molar-refractivity contribution in [1.29, 1.82) is 0 Å². The van der Waals surface area contributed by atoms with Crippen molar-refractivity contribution in [2.75, 3.05) is 0 Å². The molecule has 0 saturated heterocycles. The van der Waals surface area contributed by atoms with E-state index in [1.807, 2.05) is 0 Å². The molecule has 4 heteroatoms. The fraction of sp³-hybridized carbons (Fsp3) is 0.562. The Labute approximate surface area is 119 Å². The third-order valence-corrected chi connectivity index (χ3v) is 4.33. The smallest absolute Gasteiger partial charge is 0.248 e. The van der Waals surface area contributed by atoms with Crippen molar-refractivity contribution >= 4 is 5.91 Å². The molecule has 1 aliphatic rings. The number of amides is 1. The van der Waals surface area contributed by atoms with E-state index in [9.17, 15) is 9.18 Å². The molecule has 0 spiro atoms. The van der Waals surface area contributed by atoms with Crippen molar-refractivity contribution in [3.8, 4) is 0 Å². The summed E-state index contributed by atoms with van der Waals surface area (Å²) in [6.45, 7) is 2.72. The minimum absolute atomic E-state index is 0.218. The van der Waals surface area contributed by atoms with Crippen LogP contribution in [0.2, 0.25) is 0 Å². The van der Waals surface area contributed by atoms with E-state index in [2.05, 4.69) is 12.2 Å². The molecule has 0 radical (unpaired) electrons. The molecule has 1 aromatic rings. The Bertz CT molecular complexity index is 476. The average molecular weight is 278 g/mol. The number of halogens is 1. The molecule has 110 valence electrons. The molecule has 20 heavy (non-hydrogen) atoms. The standard InChI is InChI=1S/C16H23FN2O/c1-2-11-5-3-4-6-15(11)19-10-13-8-7-12(16(18)20)9-14(13)17/h7-9,11,15,19H,2-6,10H2,1H3,(H2,18,20). The van der Waals surface area contributed by atoms with E-state index < -0.39 is 5.91 Å². The number of primary amides is 1. The summed E-state index contributed by atoms with van der Waals surface area (Å²) in [4.78, 5) is 11.0. The van der Waals surface area contributed by atoms with Crippen molar-refractivity contribution in [2.24, 2.45) is 11.7 Å². The molecule has 0 aliphatic heterocycles. The zero-order valence-electron chi connectivity index (χ0n) is 12.0. The molecule has 0 bridgehead atoms. The maximum atomic E-state index is 13.9. The Hall–Kier alpha value is -1.42. The van der Waals surface area contributed by atoms with Gasteiger partial charge in [0.1, 0.15) is 5.82 Å². The third-order valence-electron chi connectivity index (χ3n) is 4.33. The second-order valence-corrected chi connectivity index (χ2v) is 5.61. The maximum Gasteiger partial charge on any atom is 0.248 e. The van der Waals surface area contributed by atoms with Crippen molar-refractivity contribution in [3.63, 3.8) is 0 Å². The number of nitrogens with one attached hydrogen (secondary N) is 1. The van der Waals surface area contributed by atoms with Gasteiger partial charge in [-0.1, -0.05) is 32.3 Å². The topological polar surface area (TPSA) is 55.1 Å². The molecule has 0 heterocycles. The summed E-state index contributed by atoms with van der Waals surface area (Å²) in [7, 11) is 0. The van der Waals surface area contributed by atoms with Crippen LogP contribution in [0.15, 0.2) is 18.2 Å². The normalized spacial score (nSPS) is 22.7. The molecule has 2 unspecified atom stereocenters.